The van der Waals surface area contributed by atoms with E-state index < -0.39 is 11.9 Å². The minimum absolute atomic E-state index is 0.00494. The number of thiazole rings is 1. The Morgan fingerprint density at radius 3 is 2.51 bits per heavy atom. The lowest BCUT2D eigenvalue weighted by Gasteiger charge is -2.33. The first-order valence-electron chi connectivity index (χ1n) is 10.7. The van der Waals surface area contributed by atoms with Crippen molar-refractivity contribution in [3.8, 4) is 23.0 Å². The van der Waals surface area contributed by atoms with Gasteiger partial charge in [0.2, 0.25) is 24.2 Å². The smallest absolute Gasteiger partial charge is 0.325 e. The maximum Gasteiger partial charge on any atom is 0.325 e. The number of rotatable bonds is 6. The Bertz CT molecular complexity index is 1360. The number of aromatic nitrogens is 1. The van der Waals surface area contributed by atoms with E-state index >= 15 is 0 Å². The number of amides is 1. The van der Waals surface area contributed by atoms with Crippen LogP contribution in [0.1, 0.15) is 22.8 Å². The highest BCUT2D eigenvalue weighted by Crippen LogP contribution is 2.55. The number of carbonyl (C=O) groups excluding carboxylic acids is 2. The summed E-state index contributed by atoms with van der Waals surface area (Å²) in [6.45, 7) is -0.322. The van der Waals surface area contributed by atoms with E-state index in [2.05, 4.69) is 0 Å². The summed E-state index contributed by atoms with van der Waals surface area (Å²) in [5.41, 5.74) is 1.20. The first-order valence-corrected chi connectivity index (χ1v) is 11.5. The van der Waals surface area contributed by atoms with E-state index in [1.807, 2.05) is 6.07 Å². The molecule has 1 aromatic heterocycles. The summed E-state index contributed by atoms with van der Waals surface area (Å²) in [5.74, 6) is 0.551. The molecule has 3 heterocycles. The van der Waals surface area contributed by atoms with Gasteiger partial charge in [-0.3, -0.25) is 23.9 Å². The standard InChI is InChI=1S/C24H22N2O8S/c1-30-16-9-14(19(32-3)21-20(16)33-12-34-21)15-10-17(27)26(13-7-5-4-6-8-13)23-22(15)35-24(29)25(23)11-18(28)31-2/h4-9,15H,10-12H2,1-3H3. The van der Waals surface area contributed by atoms with Crippen LogP contribution in [-0.4, -0.2) is 44.6 Å². The van der Waals surface area contributed by atoms with Gasteiger partial charge in [0.05, 0.1) is 31.9 Å². The number of benzene rings is 2. The normalized spacial score (nSPS) is 16.1. The third-order valence-electron chi connectivity index (χ3n) is 5.97. The Morgan fingerprint density at radius 2 is 1.83 bits per heavy atom. The molecule has 1 unspecified atom stereocenters. The average Bonchev–Trinajstić information content (AvgIpc) is 3.48. The molecule has 182 valence electrons. The van der Waals surface area contributed by atoms with Crippen LogP contribution in [0.5, 0.6) is 23.0 Å². The van der Waals surface area contributed by atoms with Gasteiger partial charge in [0.1, 0.15) is 12.4 Å². The van der Waals surface area contributed by atoms with Gasteiger partial charge in [-0.15, -0.1) is 0 Å². The van der Waals surface area contributed by atoms with Crippen LogP contribution in [0.25, 0.3) is 0 Å². The fourth-order valence-electron chi connectivity index (χ4n) is 4.43. The predicted molar refractivity (Wildman–Crippen MR) is 126 cm³/mol. The summed E-state index contributed by atoms with van der Waals surface area (Å²) < 4.78 is 28.5. The summed E-state index contributed by atoms with van der Waals surface area (Å²) in [4.78, 5) is 40.6. The van der Waals surface area contributed by atoms with Crippen LogP contribution in [-0.2, 0) is 20.9 Å². The van der Waals surface area contributed by atoms with Gasteiger partial charge in [-0.1, -0.05) is 29.5 Å². The number of anilines is 2. The van der Waals surface area contributed by atoms with E-state index in [-0.39, 0.29) is 30.5 Å². The zero-order valence-electron chi connectivity index (χ0n) is 19.2. The molecule has 2 aromatic carbocycles. The van der Waals surface area contributed by atoms with Crippen molar-refractivity contribution in [3.63, 3.8) is 0 Å². The number of hydrogen-bond donors (Lipinski definition) is 0. The first-order chi connectivity index (χ1) is 17.0. The van der Waals surface area contributed by atoms with Crippen LogP contribution in [0.2, 0.25) is 0 Å². The molecule has 0 spiro atoms. The molecule has 0 N–H and O–H groups in total. The molecule has 3 aromatic rings. The highest BCUT2D eigenvalue weighted by Gasteiger charge is 2.41. The van der Waals surface area contributed by atoms with Crippen molar-refractivity contribution in [2.75, 3.05) is 33.0 Å². The largest absolute Gasteiger partial charge is 0.493 e. The summed E-state index contributed by atoms with van der Waals surface area (Å²) in [6, 6.07) is 10.7. The number of methoxy groups -OCH3 is 3. The van der Waals surface area contributed by atoms with Gasteiger partial charge < -0.3 is 23.7 Å². The topological polar surface area (TPSA) is 106 Å². The summed E-state index contributed by atoms with van der Waals surface area (Å²) >= 11 is 0.976. The molecule has 0 bridgehead atoms. The molecule has 2 aliphatic heterocycles. The van der Waals surface area contributed by atoms with Crippen molar-refractivity contribution in [2.24, 2.45) is 0 Å². The molecule has 35 heavy (non-hydrogen) atoms. The van der Waals surface area contributed by atoms with Crippen molar-refractivity contribution < 1.29 is 33.3 Å². The first kappa shape index (κ1) is 22.8. The summed E-state index contributed by atoms with van der Waals surface area (Å²) in [6.07, 6.45) is 0.0548. The van der Waals surface area contributed by atoms with E-state index in [4.69, 9.17) is 23.7 Å². The van der Waals surface area contributed by atoms with E-state index in [0.29, 0.717) is 44.9 Å². The number of fused-ring (bicyclic) bond motifs is 2. The van der Waals surface area contributed by atoms with Crippen molar-refractivity contribution in [1.82, 2.24) is 4.57 Å². The highest BCUT2D eigenvalue weighted by molar-refractivity contribution is 7.10. The Labute approximate surface area is 204 Å². The van der Waals surface area contributed by atoms with E-state index in [9.17, 15) is 14.4 Å². The maximum atomic E-state index is 13.6. The molecular formula is C24H22N2O8S. The number of para-hydroxylation sites is 1. The number of esters is 1. The van der Waals surface area contributed by atoms with Gasteiger partial charge in [0, 0.05) is 17.9 Å². The minimum Gasteiger partial charge on any atom is -0.493 e. The number of hydrogen-bond acceptors (Lipinski definition) is 9. The maximum absolute atomic E-state index is 13.6. The van der Waals surface area contributed by atoms with Gasteiger partial charge in [-0.05, 0) is 18.2 Å². The van der Waals surface area contributed by atoms with Crippen LogP contribution in [0, 0.1) is 0 Å². The van der Waals surface area contributed by atoms with Crippen LogP contribution in [0.4, 0.5) is 11.5 Å². The molecule has 2 aliphatic rings. The fraction of sp³-hybridized carbons (Fsp3) is 0.292. The lowest BCUT2D eigenvalue weighted by atomic mass is 9.89. The Kier molecular flexibility index (Phi) is 5.85. The lowest BCUT2D eigenvalue weighted by Crippen LogP contribution is -2.36. The zero-order chi connectivity index (χ0) is 24.7. The Balaban J connectivity index is 1.75. The molecule has 5 rings (SSSR count). The SMILES string of the molecule is COC(=O)Cn1c2c(sc1=O)C(c1cc(OC)c3c(c1OC)OCO3)CC(=O)N2c1ccccc1. The molecule has 1 atom stereocenters. The van der Waals surface area contributed by atoms with Gasteiger partial charge in [-0.25, -0.2) is 0 Å². The van der Waals surface area contributed by atoms with Crippen molar-refractivity contribution in [3.05, 3.63) is 56.5 Å². The molecule has 10 nitrogen and oxygen atoms in total. The molecule has 0 radical (unpaired) electrons. The van der Waals surface area contributed by atoms with Crippen molar-refractivity contribution >= 4 is 34.7 Å². The number of ether oxygens (including phenoxy) is 5. The summed E-state index contributed by atoms with van der Waals surface area (Å²) in [5, 5.41) is 0. The zero-order valence-corrected chi connectivity index (χ0v) is 20.0. The quantitative estimate of drug-likeness (QED) is 0.478. The van der Waals surface area contributed by atoms with E-state index in [0.717, 1.165) is 11.3 Å². The second kappa shape index (κ2) is 8.99. The summed E-state index contributed by atoms with van der Waals surface area (Å²) in [7, 11) is 4.26. The average molecular weight is 499 g/mol. The van der Waals surface area contributed by atoms with E-state index in [1.165, 1.54) is 30.8 Å². The van der Waals surface area contributed by atoms with Crippen LogP contribution >= 0.6 is 11.3 Å². The third kappa shape index (κ3) is 3.68. The monoisotopic (exact) mass is 498 g/mol. The number of nitrogens with zero attached hydrogens (tertiary/aromatic N) is 2. The van der Waals surface area contributed by atoms with Crippen molar-refractivity contribution in [2.45, 2.75) is 18.9 Å². The predicted octanol–water partition coefficient (Wildman–Crippen LogP) is 3.03. The molecule has 11 heteroatoms. The van der Waals surface area contributed by atoms with Crippen LogP contribution < -0.4 is 28.7 Å². The minimum atomic E-state index is -0.599. The van der Waals surface area contributed by atoms with Gasteiger partial charge >= 0.3 is 10.8 Å². The molecular weight excluding hydrogens is 476 g/mol. The van der Waals surface area contributed by atoms with Crippen LogP contribution in [0.3, 0.4) is 0 Å². The van der Waals surface area contributed by atoms with Gasteiger partial charge in [0.25, 0.3) is 0 Å². The molecule has 0 saturated carbocycles. The Hall–Kier alpha value is -3.99. The molecule has 0 aliphatic carbocycles. The highest BCUT2D eigenvalue weighted by atomic mass is 32.1. The van der Waals surface area contributed by atoms with Gasteiger partial charge in [-0.2, -0.15) is 0 Å². The van der Waals surface area contributed by atoms with Gasteiger partial charge in [0.15, 0.2) is 11.5 Å². The Morgan fingerprint density at radius 1 is 1.09 bits per heavy atom. The van der Waals surface area contributed by atoms with Crippen LogP contribution in [0.15, 0.2) is 41.2 Å². The van der Waals surface area contributed by atoms with E-state index in [1.54, 1.807) is 30.3 Å². The third-order valence-corrected chi connectivity index (χ3v) is 7.05. The molecule has 1 amide bonds. The lowest BCUT2D eigenvalue weighted by molar-refractivity contribution is -0.141. The molecule has 0 saturated heterocycles. The second-order valence-electron chi connectivity index (χ2n) is 7.81. The van der Waals surface area contributed by atoms with Crippen molar-refractivity contribution in [1.29, 1.82) is 0 Å². The number of carbonyl (C=O) groups is 2. The molecule has 0 fully saturated rings. The fourth-order valence-corrected chi connectivity index (χ4v) is 5.53. The second-order valence-corrected chi connectivity index (χ2v) is 8.80.